The summed E-state index contributed by atoms with van der Waals surface area (Å²) in [4.78, 5) is 24.2. The molecule has 8 heteroatoms. The number of hydrogen-bond acceptors (Lipinski definition) is 5. The number of phenols is 1. The third-order valence-electron chi connectivity index (χ3n) is 4.83. The summed E-state index contributed by atoms with van der Waals surface area (Å²) in [6.07, 6.45) is 5.84. The molecule has 1 aliphatic carbocycles. The van der Waals surface area contributed by atoms with Gasteiger partial charge in [0.2, 0.25) is 0 Å². The van der Waals surface area contributed by atoms with E-state index in [4.69, 9.17) is 4.74 Å². The summed E-state index contributed by atoms with van der Waals surface area (Å²) in [5.74, 6) is -0.190. The van der Waals surface area contributed by atoms with Gasteiger partial charge in [0.15, 0.2) is 6.61 Å². The number of amides is 2. The Morgan fingerprint density at radius 3 is 2.77 bits per heavy atom. The molecular weight excluding hydrogens is 450 g/mol. The maximum Gasteiger partial charge on any atom is 0.262 e. The van der Waals surface area contributed by atoms with Gasteiger partial charge in [-0.15, -0.1) is 0 Å². The van der Waals surface area contributed by atoms with E-state index in [1.54, 1.807) is 19.1 Å². The minimum atomic E-state index is -0.794. The summed E-state index contributed by atoms with van der Waals surface area (Å²) in [5.41, 5.74) is 5.41. The first kappa shape index (κ1) is 21.8. The number of rotatable bonds is 7. The average molecular weight is 474 g/mol. The van der Waals surface area contributed by atoms with Crippen LogP contribution in [0.3, 0.4) is 0 Å². The zero-order chi connectivity index (χ0) is 21.5. The van der Waals surface area contributed by atoms with Crippen molar-refractivity contribution in [3.8, 4) is 11.5 Å². The largest absolute Gasteiger partial charge is 0.507 e. The average Bonchev–Trinajstić information content (AvgIpc) is 2.74. The predicted molar refractivity (Wildman–Crippen MR) is 118 cm³/mol. The molecule has 0 saturated carbocycles. The molecule has 0 fully saturated rings. The van der Waals surface area contributed by atoms with Gasteiger partial charge in [0.25, 0.3) is 11.8 Å². The molecule has 0 aliphatic heterocycles. The highest BCUT2D eigenvalue weighted by Crippen LogP contribution is 2.25. The molecule has 0 saturated heterocycles. The van der Waals surface area contributed by atoms with Gasteiger partial charge in [0, 0.05) is 10.0 Å². The Morgan fingerprint density at radius 2 is 1.97 bits per heavy atom. The normalized spacial score (nSPS) is 14.1. The quantitative estimate of drug-likeness (QED) is 0.424. The molecule has 2 aromatic carbocycles. The van der Waals surface area contributed by atoms with E-state index in [9.17, 15) is 14.7 Å². The molecule has 0 bridgehead atoms. The van der Waals surface area contributed by atoms with Gasteiger partial charge >= 0.3 is 0 Å². The Hall–Kier alpha value is -2.87. The molecule has 30 heavy (non-hydrogen) atoms. The second-order valence-corrected chi connectivity index (χ2v) is 8.07. The highest BCUT2D eigenvalue weighted by molar-refractivity contribution is 9.10. The summed E-state index contributed by atoms with van der Waals surface area (Å²) in [6, 6.07) is 9.99. The van der Waals surface area contributed by atoms with E-state index in [2.05, 4.69) is 37.8 Å². The fourth-order valence-electron chi connectivity index (χ4n) is 3.19. The van der Waals surface area contributed by atoms with Crippen molar-refractivity contribution in [1.82, 2.24) is 10.7 Å². The molecule has 0 heterocycles. The maximum atomic E-state index is 12.1. The summed E-state index contributed by atoms with van der Waals surface area (Å²) in [5, 5.41) is 16.1. The third-order valence-corrected chi connectivity index (χ3v) is 5.32. The predicted octanol–water partition coefficient (Wildman–Crippen LogP) is 3.07. The number of fused-ring (bicyclic) bond motifs is 1. The lowest BCUT2D eigenvalue weighted by molar-refractivity contribution is -0.129. The van der Waals surface area contributed by atoms with Gasteiger partial charge in [-0.1, -0.05) is 22.0 Å². The van der Waals surface area contributed by atoms with Crippen molar-refractivity contribution in [3.05, 3.63) is 57.6 Å². The molecule has 0 aromatic heterocycles. The molecule has 3 rings (SSSR count). The number of nitrogens with zero attached hydrogens (tertiary/aromatic N) is 1. The monoisotopic (exact) mass is 473 g/mol. The van der Waals surface area contributed by atoms with E-state index in [0.717, 1.165) is 17.3 Å². The Kier molecular flexibility index (Phi) is 7.46. The van der Waals surface area contributed by atoms with Gasteiger partial charge in [-0.3, -0.25) is 9.59 Å². The first-order valence-electron chi connectivity index (χ1n) is 9.78. The van der Waals surface area contributed by atoms with Crippen LogP contribution in [0.15, 0.2) is 46.0 Å². The minimum Gasteiger partial charge on any atom is -0.507 e. The van der Waals surface area contributed by atoms with E-state index in [0.29, 0.717) is 11.3 Å². The maximum absolute atomic E-state index is 12.1. The number of ether oxygens (including phenoxy) is 1. The van der Waals surface area contributed by atoms with Crippen molar-refractivity contribution in [3.63, 3.8) is 0 Å². The standard InChI is InChI=1S/C22H24BrN3O4/c1-14(22(29)26-24-12-17-10-18(23)7-9-20(17)27)25-21(28)13-30-19-8-6-15-4-2-3-5-16(15)11-19/h6-12,14,27H,2-5,13H2,1H3,(H,25,28)(H,26,29)/b24-12-/t14-/m0/s1. The molecule has 0 unspecified atom stereocenters. The molecule has 2 aromatic rings. The lowest BCUT2D eigenvalue weighted by atomic mass is 9.92. The van der Waals surface area contributed by atoms with Crippen molar-refractivity contribution in [2.24, 2.45) is 5.10 Å². The van der Waals surface area contributed by atoms with Crippen LogP contribution >= 0.6 is 15.9 Å². The van der Waals surface area contributed by atoms with Crippen molar-refractivity contribution in [2.45, 2.75) is 38.6 Å². The molecule has 7 nitrogen and oxygen atoms in total. The molecule has 0 spiro atoms. The molecule has 1 aliphatic rings. The highest BCUT2D eigenvalue weighted by atomic mass is 79.9. The highest BCUT2D eigenvalue weighted by Gasteiger charge is 2.16. The number of benzene rings is 2. The van der Waals surface area contributed by atoms with Gasteiger partial charge in [-0.2, -0.15) is 5.10 Å². The number of hydrogen-bond donors (Lipinski definition) is 3. The van der Waals surface area contributed by atoms with Gasteiger partial charge in [0.05, 0.1) is 6.21 Å². The number of carbonyl (C=O) groups is 2. The third kappa shape index (κ3) is 6.06. The fourth-order valence-corrected chi connectivity index (χ4v) is 3.57. The topological polar surface area (TPSA) is 100 Å². The number of aryl methyl sites for hydroxylation is 2. The Morgan fingerprint density at radius 1 is 1.20 bits per heavy atom. The Bertz CT molecular complexity index is 961. The van der Waals surface area contributed by atoms with Gasteiger partial charge in [0.1, 0.15) is 17.5 Å². The molecule has 1 atom stereocenters. The second-order valence-electron chi connectivity index (χ2n) is 7.15. The summed E-state index contributed by atoms with van der Waals surface area (Å²) >= 11 is 3.30. The van der Waals surface area contributed by atoms with Crippen LogP contribution in [0.25, 0.3) is 0 Å². The number of nitrogens with one attached hydrogen (secondary N) is 2. The van der Waals surface area contributed by atoms with E-state index >= 15 is 0 Å². The second kappa shape index (κ2) is 10.2. The summed E-state index contributed by atoms with van der Waals surface area (Å²) in [6.45, 7) is 1.38. The van der Waals surface area contributed by atoms with E-state index in [1.807, 2.05) is 12.1 Å². The lowest BCUT2D eigenvalue weighted by Crippen LogP contribution is -2.45. The minimum absolute atomic E-state index is 0.0388. The molecule has 0 radical (unpaired) electrons. The van der Waals surface area contributed by atoms with Crippen LogP contribution in [-0.4, -0.2) is 35.8 Å². The number of aromatic hydroxyl groups is 1. The van der Waals surface area contributed by atoms with Crippen LogP contribution in [0.2, 0.25) is 0 Å². The van der Waals surface area contributed by atoms with Crippen LogP contribution in [0.4, 0.5) is 0 Å². The first-order chi connectivity index (χ1) is 14.4. The first-order valence-corrected chi connectivity index (χ1v) is 10.6. The van der Waals surface area contributed by atoms with Crippen molar-refractivity contribution < 1.29 is 19.4 Å². The van der Waals surface area contributed by atoms with Gasteiger partial charge in [-0.25, -0.2) is 5.43 Å². The number of carbonyl (C=O) groups excluding carboxylic acids is 2. The van der Waals surface area contributed by atoms with E-state index < -0.39 is 17.9 Å². The number of hydrazone groups is 1. The Balaban J connectivity index is 1.45. The molecular formula is C22H24BrN3O4. The smallest absolute Gasteiger partial charge is 0.262 e. The van der Waals surface area contributed by atoms with Crippen LogP contribution in [0, 0.1) is 0 Å². The van der Waals surface area contributed by atoms with Crippen LogP contribution in [0.5, 0.6) is 11.5 Å². The zero-order valence-corrected chi connectivity index (χ0v) is 18.2. The number of halogens is 1. The summed E-state index contributed by atoms with van der Waals surface area (Å²) < 4.78 is 6.34. The van der Waals surface area contributed by atoms with Crippen molar-refractivity contribution >= 4 is 34.0 Å². The fraction of sp³-hybridized carbons (Fsp3) is 0.318. The van der Waals surface area contributed by atoms with Crippen LogP contribution < -0.4 is 15.5 Å². The van der Waals surface area contributed by atoms with E-state index in [1.165, 1.54) is 36.2 Å². The zero-order valence-electron chi connectivity index (χ0n) is 16.7. The van der Waals surface area contributed by atoms with Crippen molar-refractivity contribution in [1.29, 1.82) is 0 Å². The van der Waals surface area contributed by atoms with Crippen molar-refractivity contribution in [2.75, 3.05) is 6.61 Å². The molecule has 3 N–H and O–H groups in total. The van der Waals surface area contributed by atoms with E-state index in [-0.39, 0.29) is 12.4 Å². The SMILES string of the molecule is C[C@H](NC(=O)COc1ccc2c(c1)CCCC2)C(=O)N/N=C\c1cc(Br)ccc1O. The summed E-state index contributed by atoms with van der Waals surface area (Å²) in [7, 11) is 0. The molecule has 158 valence electrons. The molecule has 2 amide bonds. The van der Waals surface area contributed by atoms with Gasteiger partial charge in [-0.05, 0) is 74.1 Å². The van der Waals surface area contributed by atoms with Crippen LogP contribution in [0.1, 0.15) is 36.5 Å². The lowest BCUT2D eigenvalue weighted by Gasteiger charge is -2.17. The van der Waals surface area contributed by atoms with Crippen LogP contribution in [-0.2, 0) is 22.4 Å². The van der Waals surface area contributed by atoms with Gasteiger partial charge < -0.3 is 15.2 Å². The Labute approximate surface area is 183 Å². The number of phenolic OH excluding ortho intramolecular Hbond substituents is 1.